The van der Waals surface area contributed by atoms with Crippen LogP contribution in [0, 0.1) is 11.3 Å². The van der Waals surface area contributed by atoms with E-state index in [0.29, 0.717) is 12.0 Å². The summed E-state index contributed by atoms with van der Waals surface area (Å²) in [5.41, 5.74) is 2.30. The molecule has 2 N–H and O–H groups in total. The first-order chi connectivity index (χ1) is 11.6. The summed E-state index contributed by atoms with van der Waals surface area (Å²) < 4.78 is 0. The van der Waals surface area contributed by atoms with Crippen molar-refractivity contribution in [3.05, 3.63) is 71.3 Å². The first-order valence-electron chi connectivity index (χ1n) is 7.63. The number of carboxylic acid groups (broad SMARTS) is 1. The molecule has 0 unspecified atom stereocenters. The Labute approximate surface area is 140 Å². The average molecular weight is 322 g/mol. The Hall–Kier alpha value is -3.13. The minimum Gasteiger partial charge on any atom is -0.480 e. The van der Waals surface area contributed by atoms with E-state index in [2.05, 4.69) is 5.32 Å². The summed E-state index contributed by atoms with van der Waals surface area (Å²) in [6, 6.07) is 17.2. The molecule has 2 aromatic carbocycles. The van der Waals surface area contributed by atoms with Crippen LogP contribution in [-0.4, -0.2) is 23.0 Å². The lowest BCUT2D eigenvalue weighted by Crippen LogP contribution is -2.42. The van der Waals surface area contributed by atoms with Gasteiger partial charge in [-0.3, -0.25) is 4.79 Å². The van der Waals surface area contributed by atoms with Gasteiger partial charge in [0.1, 0.15) is 6.04 Å². The second-order valence-corrected chi connectivity index (χ2v) is 5.46. The second kappa shape index (κ2) is 8.49. The third-order valence-electron chi connectivity index (χ3n) is 3.64. The van der Waals surface area contributed by atoms with Crippen LogP contribution >= 0.6 is 0 Å². The van der Waals surface area contributed by atoms with E-state index in [1.54, 1.807) is 24.3 Å². The molecule has 0 saturated carbocycles. The van der Waals surface area contributed by atoms with Crippen LogP contribution in [0.4, 0.5) is 0 Å². The van der Waals surface area contributed by atoms with Crippen molar-refractivity contribution < 1.29 is 14.7 Å². The fraction of sp³-hybridized carbons (Fsp3) is 0.211. The molecule has 0 bridgehead atoms. The molecule has 2 rings (SSSR count). The Morgan fingerprint density at radius 2 is 1.71 bits per heavy atom. The Morgan fingerprint density at radius 1 is 1.04 bits per heavy atom. The highest BCUT2D eigenvalue weighted by Crippen LogP contribution is 2.08. The summed E-state index contributed by atoms with van der Waals surface area (Å²) in [6.45, 7) is 0. The summed E-state index contributed by atoms with van der Waals surface area (Å²) in [6.07, 6.45) is 0.981. The molecular formula is C19H18N2O3. The first-order valence-corrected chi connectivity index (χ1v) is 7.63. The zero-order valence-corrected chi connectivity index (χ0v) is 13.1. The van der Waals surface area contributed by atoms with Gasteiger partial charge in [0.2, 0.25) is 5.91 Å². The maximum Gasteiger partial charge on any atom is 0.326 e. The van der Waals surface area contributed by atoms with Gasteiger partial charge in [-0.2, -0.15) is 5.26 Å². The van der Waals surface area contributed by atoms with Crippen molar-refractivity contribution >= 4 is 11.9 Å². The van der Waals surface area contributed by atoms with Crippen LogP contribution in [0.1, 0.15) is 23.1 Å². The molecule has 2 aromatic rings. The number of aliphatic carboxylic acids is 1. The highest BCUT2D eigenvalue weighted by molar-refractivity contribution is 5.83. The van der Waals surface area contributed by atoms with Gasteiger partial charge in [-0.15, -0.1) is 0 Å². The minimum atomic E-state index is -1.08. The largest absolute Gasteiger partial charge is 0.480 e. The van der Waals surface area contributed by atoms with Gasteiger partial charge in [-0.25, -0.2) is 4.79 Å². The van der Waals surface area contributed by atoms with Crippen molar-refractivity contribution in [3.8, 4) is 6.07 Å². The summed E-state index contributed by atoms with van der Waals surface area (Å²) in [4.78, 5) is 23.4. The highest BCUT2D eigenvalue weighted by Gasteiger charge is 2.20. The van der Waals surface area contributed by atoms with Crippen LogP contribution in [-0.2, 0) is 22.4 Å². The number of nitrogens with zero attached hydrogens (tertiary/aromatic N) is 1. The number of hydrogen-bond donors (Lipinski definition) is 2. The van der Waals surface area contributed by atoms with E-state index < -0.39 is 12.0 Å². The zero-order chi connectivity index (χ0) is 17.4. The van der Waals surface area contributed by atoms with E-state index >= 15 is 0 Å². The van der Waals surface area contributed by atoms with Gasteiger partial charge in [0, 0.05) is 12.8 Å². The number of carboxylic acids is 1. The molecule has 122 valence electrons. The van der Waals surface area contributed by atoms with Crippen molar-refractivity contribution in [1.82, 2.24) is 5.32 Å². The Bertz CT molecular complexity index is 733. The van der Waals surface area contributed by atoms with Crippen LogP contribution < -0.4 is 5.32 Å². The van der Waals surface area contributed by atoms with Gasteiger partial charge in [0.15, 0.2) is 0 Å². The van der Waals surface area contributed by atoms with Crippen molar-refractivity contribution in [2.24, 2.45) is 0 Å². The molecule has 0 fully saturated rings. The van der Waals surface area contributed by atoms with E-state index in [4.69, 9.17) is 5.26 Å². The Morgan fingerprint density at radius 3 is 2.29 bits per heavy atom. The van der Waals surface area contributed by atoms with E-state index in [1.165, 1.54) is 0 Å². The van der Waals surface area contributed by atoms with Gasteiger partial charge < -0.3 is 10.4 Å². The lowest BCUT2D eigenvalue weighted by molar-refractivity contribution is -0.141. The van der Waals surface area contributed by atoms with Gasteiger partial charge in [0.05, 0.1) is 11.6 Å². The molecule has 0 spiro atoms. The molecule has 0 saturated heterocycles. The molecular weight excluding hydrogens is 304 g/mol. The van der Waals surface area contributed by atoms with Crippen LogP contribution in [0.15, 0.2) is 54.6 Å². The molecule has 5 nitrogen and oxygen atoms in total. The van der Waals surface area contributed by atoms with Gasteiger partial charge >= 0.3 is 5.97 Å². The summed E-state index contributed by atoms with van der Waals surface area (Å²) >= 11 is 0. The lowest BCUT2D eigenvalue weighted by Gasteiger charge is -2.14. The molecule has 1 atom stereocenters. The van der Waals surface area contributed by atoms with Crippen LogP contribution in [0.5, 0.6) is 0 Å². The Balaban J connectivity index is 1.91. The molecule has 0 aliphatic rings. The minimum absolute atomic E-state index is 0.179. The van der Waals surface area contributed by atoms with Gasteiger partial charge in [0.25, 0.3) is 0 Å². The Kier molecular flexibility index (Phi) is 6.09. The van der Waals surface area contributed by atoms with E-state index in [0.717, 1.165) is 11.1 Å². The summed E-state index contributed by atoms with van der Waals surface area (Å²) in [5, 5.41) is 20.6. The number of hydrogen-bond acceptors (Lipinski definition) is 3. The summed E-state index contributed by atoms with van der Waals surface area (Å²) in [5.74, 6) is -1.37. The van der Waals surface area contributed by atoms with E-state index in [-0.39, 0.29) is 18.7 Å². The van der Waals surface area contributed by atoms with Crippen molar-refractivity contribution in [1.29, 1.82) is 5.26 Å². The fourth-order valence-corrected chi connectivity index (χ4v) is 2.32. The quantitative estimate of drug-likeness (QED) is 0.818. The number of aryl methyl sites for hydroxylation is 1. The van der Waals surface area contributed by atoms with Gasteiger partial charge in [-0.05, 0) is 29.7 Å². The number of rotatable bonds is 7. The average Bonchev–Trinajstić information content (AvgIpc) is 2.61. The third-order valence-corrected chi connectivity index (χ3v) is 3.64. The molecule has 0 aromatic heterocycles. The molecule has 0 aliphatic heterocycles. The van der Waals surface area contributed by atoms with Crippen LogP contribution in [0.25, 0.3) is 0 Å². The molecule has 24 heavy (non-hydrogen) atoms. The van der Waals surface area contributed by atoms with Crippen molar-refractivity contribution in [2.45, 2.75) is 25.3 Å². The van der Waals surface area contributed by atoms with E-state index in [9.17, 15) is 14.7 Å². The normalized spacial score (nSPS) is 11.3. The number of benzene rings is 2. The third kappa shape index (κ3) is 5.25. The maximum absolute atomic E-state index is 12.0. The maximum atomic E-state index is 12.0. The number of carbonyl (C=O) groups excluding carboxylic acids is 1. The topological polar surface area (TPSA) is 90.2 Å². The van der Waals surface area contributed by atoms with Crippen LogP contribution in [0.2, 0.25) is 0 Å². The SMILES string of the molecule is N#Cc1ccc(C[C@H](NC(=O)CCc2ccccc2)C(=O)O)cc1. The van der Waals surface area contributed by atoms with Crippen LogP contribution in [0.3, 0.4) is 0 Å². The molecule has 0 heterocycles. The molecule has 0 aliphatic carbocycles. The van der Waals surface area contributed by atoms with E-state index in [1.807, 2.05) is 36.4 Å². The molecule has 5 heteroatoms. The zero-order valence-electron chi connectivity index (χ0n) is 13.1. The summed E-state index contributed by atoms with van der Waals surface area (Å²) in [7, 11) is 0. The second-order valence-electron chi connectivity index (χ2n) is 5.46. The number of carbonyl (C=O) groups is 2. The number of nitrogens with one attached hydrogen (secondary N) is 1. The smallest absolute Gasteiger partial charge is 0.326 e. The van der Waals surface area contributed by atoms with Crippen molar-refractivity contribution in [3.63, 3.8) is 0 Å². The predicted molar refractivity (Wildman–Crippen MR) is 89.2 cm³/mol. The lowest BCUT2D eigenvalue weighted by atomic mass is 10.0. The monoisotopic (exact) mass is 322 g/mol. The standard InChI is InChI=1S/C19H18N2O3/c20-13-16-8-6-15(7-9-16)12-17(19(23)24)21-18(22)11-10-14-4-2-1-3-5-14/h1-9,17H,10-12H2,(H,21,22)(H,23,24)/t17-/m0/s1. The predicted octanol–water partition coefficient (Wildman–Crippen LogP) is 2.30. The fourth-order valence-electron chi connectivity index (χ4n) is 2.32. The number of amides is 1. The molecule has 1 amide bonds. The number of nitriles is 1. The molecule has 0 radical (unpaired) electrons. The highest BCUT2D eigenvalue weighted by atomic mass is 16.4. The first kappa shape index (κ1) is 17.2. The van der Waals surface area contributed by atoms with Gasteiger partial charge in [-0.1, -0.05) is 42.5 Å². The van der Waals surface area contributed by atoms with Crippen molar-refractivity contribution in [2.75, 3.05) is 0 Å².